The number of piperazine rings is 1. The van der Waals surface area contributed by atoms with Gasteiger partial charge in [-0.2, -0.15) is 0 Å². The highest BCUT2D eigenvalue weighted by Crippen LogP contribution is 2.26. The molecule has 1 aromatic carbocycles. The molecule has 0 bridgehead atoms. The second kappa shape index (κ2) is 9.75. The van der Waals surface area contributed by atoms with Crippen molar-refractivity contribution in [2.75, 3.05) is 57.8 Å². The first kappa shape index (κ1) is 20.5. The maximum absolute atomic E-state index is 12.4. The number of carbonyl (C=O) groups excluding carboxylic acids is 2. The molecular weight excluding hydrogens is 356 g/mol. The number of halogens is 1. The zero-order chi connectivity index (χ0) is 17.6. The fraction of sp³-hybridized carbons (Fsp3) is 0.556. The minimum Gasteiger partial charge on any atom is -0.497 e. The lowest BCUT2D eigenvalue weighted by Gasteiger charge is -2.27. The number of carbonyl (C=O) groups is 2. The lowest BCUT2D eigenvalue weighted by atomic mass is 10.1. The predicted octanol–water partition coefficient (Wildman–Crippen LogP) is 0.491. The Morgan fingerprint density at radius 2 is 1.96 bits per heavy atom. The van der Waals surface area contributed by atoms with Gasteiger partial charge in [0.1, 0.15) is 5.75 Å². The largest absolute Gasteiger partial charge is 0.497 e. The van der Waals surface area contributed by atoms with Crippen molar-refractivity contribution in [3.05, 3.63) is 24.3 Å². The quantitative estimate of drug-likeness (QED) is 0.749. The van der Waals surface area contributed by atoms with E-state index in [0.29, 0.717) is 13.1 Å². The summed E-state index contributed by atoms with van der Waals surface area (Å²) < 4.78 is 5.14. The van der Waals surface area contributed by atoms with Crippen LogP contribution >= 0.6 is 12.4 Å². The van der Waals surface area contributed by atoms with E-state index in [0.717, 1.165) is 44.2 Å². The fourth-order valence-corrected chi connectivity index (χ4v) is 3.31. The number of nitrogens with zero attached hydrogens (tertiary/aromatic N) is 2. The molecule has 2 N–H and O–H groups in total. The Bertz CT molecular complexity index is 605. The van der Waals surface area contributed by atoms with Crippen molar-refractivity contribution >= 4 is 29.9 Å². The van der Waals surface area contributed by atoms with Crippen LogP contribution in [0.4, 0.5) is 5.69 Å². The Morgan fingerprint density at radius 1 is 1.27 bits per heavy atom. The number of ether oxygens (including phenoxy) is 1. The zero-order valence-corrected chi connectivity index (χ0v) is 15.9. The first-order valence-electron chi connectivity index (χ1n) is 8.82. The molecule has 0 aliphatic carbocycles. The van der Waals surface area contributed by atoms with E-state index >= 15 is 0 Å². The zero-order valence-electron chi connectivity index (χ0n) is 15.1. The van der Waals surface area contributed by atoms with Gasteiger partial charge < -0.3 is 20.3 Å². The monoisotopic (exact) mass is 382 g/mol. The Hall–Kier alpha value is -1.83. The van der Waals surface area contributed by atoms with Gasteiger partial charge in [-0.3, -0.25) is 14.5 Å². The van der Waals surface area contributed by atoms with Crippen molar-refractivity contribution in [3.63, 3.8) is 0 Å². The number of nitrogens with one attached hydrogen (secondary N) is 2. The van der Waals surface area contributed by atoms with Crippen LogP contribution in [-0.2, 0) is 9.59 Å². The molecule has 2 fully saturated rings. The van der Waals surface area contributed by atoms with Crippen molar-refractivity contribution < 1.29 is 14.3 Å². The second-order valence-electron chi connectivity index (χ2n) is 6.49. The molecule has 0 aromatic heterocycles. The molecule has 2 saturated heterocycles. The average Bonchev–Trinajstić information content (AvgIpc) is 3.04. The summed E-state index contributed by atoms with van der Waals surface area (Å²) in [5.41, 5.74) is 0.807. The third-order valence-corrected chi connectivity index (χ3v) is 4.82. The van der Waals surface area contributed by atoms with Gasteiger partial charge >= 0.3 is 0 Å². The molecular formula is C18H27ClN4O3. The Labute approximate surface area is 160 Å². The van der Waals surface area contributed by atoms with Crippen LogP contribution in [0, 0.1) is 5.92 Å². The molecule has 2 amide bonds. The predicted molar refractivity (Wildman–Crippen MR) is 103 cm³/mol. The van der Waals surface area contributed by atoms with E-state index in [2.05, 4.69) is 15.5 Å². The summed E-state index contributed by atoms with van der Waals surface area (Å²) in [6, 6.07) is 7.34. The van der Waals surface area contributed by atoms with E-state index in [9.17, 15) is 9.59 Å². The first-order valence-corrected chi connectivity index (χ1v) is 8.82. The van der Waals surface area contributed by atoms with Crippen molar-refractivity contribution in [2.24, 2.45) is 5.92 Å². The fourth-order valence-electron chi connectivity index (χ4n) is 3.31. The van der Waals surface area contributed by atoms with Crippen LogP contribution in [0.5, 0.6) is 5.75 Å². The van der Waals surface area contributed by atoms with Gasteiger partial charge in [0, 0.05) is 57.9 Å². The maximum Gasteiger partial charge on any atom is 0.227 e. The van der Waals surface area contributed by atoms with Crippen molar-refractivity contribution in [2.45, 2.75) is 6.42 Å². The van der Waals surface area contributed by atoms with Crippen LogP contribution in [0.3, 0.4) is 0 Å². The number of anilines is 1. The minimum atomic E-state index is -0.280. The number of benzene rings is 1. The highest BCUT2D eigenvalue weighted by molar-refractivity contribution is 6.00. The van der Waals surface area contributed by atoms with Gasteiger partial charge in [0.15, 0.2) is 0 Å². The summed E-state index contributed by atoms with van der Waals surface area (Å²) >= 11 is 0. The summed E-state index contributed by atoms with van der Waals surface area (Å²) in [6.45, 7) is 5.96. The molecule has 3 rings (SSSR count). The van der Waals surface area contributed by atoms with Crippen LogP contribution in [-0.4, -0.2) is 69.6 Å². The normalized spacial score (nSPS) is 20.6. The summed E-state index contributed by atoms with van der Waals surface area (Å²) in [5, 5.41) is 6.29. The third-order valence-electron chi connectivity index (χ3n) is 4.82. The molecule has 2 aliphatic rings. The Kier molecular flexibility index (Phi) is 7.68. The second-order valence-corrected chi connectivity index (χ2v) is 6.49. The molecule has 26 heavy (non-hydrogen) atoms. The van der Waals surface area contributed by atoms with Crippen molar-refractivity contribution in [3.8, 4) is 5.75 Å². The molecule has 1 unspecified atom stereocenters. The SMILES string of the molecule is COc1ccc(N2CC(C(=O)NCCN3CCNCC3)CC2=O)cc1.Cl. The van der Waals surface area contributed by atoms with Gasteiger partial charge in [0.25, 0.3) is 0 Å². The van der Waals surface area contributed by atoms with Gasteiger partial charge in [0.05, 0.1) is 13.0 Å². The average molecular weight is 383 g/mol. The van der Waals surface area contributed by atoms with Gasteiger partial charge in [-0.1, -0.05) is 0 Å². The summed E-state index contributed by atoms with van der Waals surface area (Å²) in [6.07, 6.45) is 0.269. The smallest absolute Gasteiger partial charge is 0.227 e. The summed E-state index contributed by atoms with van der Waals surface area (Å²) in [5.74, 6) is 0.433. The van der Waals surface area contributed by atoms with E-state index < -0.39 is 0 Å². The third kappa shape index (κ3) is 5.09. The van der Waals surface area contributed by atoms with E-state index in [1.165, 1.54) is 0 Å². The van der Waals surface area contributed by atoms with E-state index in [1.807, 2.05) is 24.3 Å². The van der Waals surface area contributed by atoms with Gasteiger partial charge in [0.2, 0.25) is 11.8 Å². The van der Waals surface area contributed by atoms with E-state index in [-0.39, 0.29) is 36.6 Å². The van der Waals surface area contributed by atoms with Crippen LogP contribution in [0.2, 0.25) is 0 Å². The molecule has 0 spiro atoms. The summed E-state index contributed by atoms with van der Waals surface area (Å²) in [7, 11) is 1.61. The molecule has 0 radical (unpaired) electrons. The topological polar surface area (TPSA) is 73.9 Å². The van der Waals surface area contributed by atoms with Crippen LogP contribution in [0.1, 0.15) is 6.42 Å². The number of methoxy groups -OCH3 is 1. The van der Waals surface area contributed by atoms with E-state index in [4.69, 9.17) is 4.74 Å². The molecule has 144 valence electrons. The molecule has 8 heteroatoms. The highest BCUT2D eigenvalue weighted by atomic mass is 35.5. The Balaban J connectivity index is 0.00000243. The number of rotatable bonds is 6. The van der Waals surface area contributed by atoms with Crippen LogP contribution in [0.15, 0.2) is 24.3 Å². The number of amides is 2. The lowest BCUT2D eigenvalue weighted by molar-refractivity contribution is -0.126. The molecule has 1 atom stereocenters. The molecule has 1 aromatic rings. The van der Waals surface area contributed by atoms with Gasteiger partial charge in [-0.25, -0.2) is 0 Å². The van der Waals surface area contributed by atoms with E-state index in [1.54, 1.807) is 12.0 Å². The van der Waals surface area contributed by atoms with Crippen molar-refractivity contribution in [1.29, 1.82) is 0 Å². The van der Waals surface area contributed by atoms with Crippen LogP contribution in [0.25, 0.3) is 0 Å². The molecule has 7 nitrogen and oxygen atoms in total. The number of hydrogen-bond donors (Lipinski definition) is 2. The first-order chi connectivity index (χ1) is 12.2. The molecule has 2 aliphatic heterocycles. The molecule has 2 heterocycles. The Morgan fingerprint density at radius 3 is 2.62 bits per heavy atom. The standard InChI is InChI=1S/C18H26N4O3.ClH/c1-25-16-4-2-15(3-5-16)22-13-14(12-17(22)23)18(24)20-8-11-21-9-6-19-7-10-21;/h2-5,14,19H,6-13H2,1H3,(H,20,24);1H. The lowest BCUT2D eigenvalue weighted by Crippen LogP contribution is -2.46. The maximum atomic E-state index is 12.4. The minimum absolute atomic E-state index is 0. The summed E-state index contributed by atoms with van der Waals surface area (Å²) in [4.78, 5) is 28.6. The molecule has 0 saturated carbocycles. The van der Waals surface area contributed by atoms with Crippen LogP contribution < -0.4 is 20.3 Å². The number of hydrogen-bond acceptors (Lipinski definition) is 5. The van der Waals surface area contributed by atoms with Gasteiger partial charge in [-0.15, -0.1) is 12.4 Å². The van der Waals surface area contributed by atoms with Gasteiger partial charge in [-0.05, 0) is 24.3 Å². The van der Waals surface area contributed by atoms with Crippen molar-refractivity contribution in [1.82, 2.24) is 15.5 Å². The highest BCUT2D eigenvalue weighted by Gasteiger charge is 2.35.